The van der Waals surface area contributed by atoms with Crippen molar-refractivity contribution in [1.82, 2.24) is 4.90 Å². The van der Waals surface area contributed by atoms with Gasteiger partial charge < -0.3 is 9.84 Å². The van der Waals surface area contributed by atoms with Gasteiger partial charge in [0.25, 0.3) is 0 Å². The molecule has 3 nitrogen and oxygen atoms in total. The Hall–Kier alpha value is -1.74. The van der Waals surface area contributed by atoms with Crippen LogP contribution in [0.3, 0.4) is 0 Å². The maximum absolute atomic E-state index is 9.59. The Balaban J connectivity index is 1.71. The van der Waals surface area contributed by atoms with Crippen LogP contribution in [-0.4, -0.2) is 36.2 Å². The summed E-state index contributed by atoms with van der Waals surface area (Å²) in [4.78, 5) is 2.43. The molecule has 19 heavy (non-hydrogen) atoms. The number of phenolic OH excluding ortho intramolecular Hbond substituents is 1. The predicted octanol–water partition coefficient (Wildman–Crippen LogP) is 3.02. The molecule has 0 unspecified atom stereocenters. The first kappa shape index (κ1) is 12.3. The molecule has 0 spiro atoms. The summed E-state index contributed by atoms with van der Waals surface area (Å²) in [6.07, 6.45) is 2.62. The van der Waals surface area contributed by atoms with Crippen molar-refractivity contribution in [1.29, 1.82) is 0 Å². The van der Waals surface area contributed by atoms with Crippen LogP contribution < -0.4 is 4.74 Å². The Bertz CT molecular complexity index is 562. The van der Waals surface area contributed by atoms with E-state index in [-0.39, 0.29) is 5.75 Å². The van der Waals surface area contributed by atoms with Crippen molar-refractivity contribution in [3.63, 3.8) is 0 Å². The van der Waals surface area contributed by atoms with Gasteiger partial charge in [0.2, 0.25) is 0 Å². The van der Waals surface area contributed by atoms with Crippen molar-refractivity contribution in [3.05, 3.63) is 36.4 Å². The molecule has 1 N–H and O–H groups in total. The number of rotatable bonds is 4. The van der Waals surface area contributed by atoms with E-state index < -0.39 is 0 Å². The second kappa shape index (κ2) is 5.49. The number of benzene rings is 2. The quantitative estimate of drug-likeness (QED) is 0.914. The highest BCUT2D eigenvalue weighted by atomic mass is 16.5. The number of ether oxygens (including phenoxy) is 1. The van der Waals surface area contributed by atoms with Gasteiger partial charge in [0.15, 0.2) is 0 Å². The number of aromatic hydroxyl groups is 1. The maximum Gasteiger partial charge on any atom is 0.127 e. The van der Waals surface area contributed by atoms with Crippen molar-refractivity contribution in [2.24, 2.45) is 0 Å². The van der Waals surface area contributed by atoms with Gasteiger partial charge in [-0.15, -0.1) is 0 Å². The maximum atomic E-state index is 9.59. The van der Waals surface area contributed by atoms with Crippen molar-refractivity contribution in [2.75, 3.05) is 26.2 Å². The third kappa shape index (κ3) is 2.82. The summed E-state index contributed by atoms with van der Waals surface area (Å²) in [5, 5.41) is 11.7. The zero-order valence-corrected chi connectivity index (χ0v) is 11.0. The molecular formula is C16H19NO2. The lowest BCUT2D eigenvalue weighted by Gasteiger charge is -2.15. The first-order chi connectivity index (χ1) is 9.33. The Morgan fingerprint density at radius 2 is 1.95 bits per heavy atom. The lowest BCUT2D eigenvalue weighted by atomic mass is 10.1. The number of likely N-dealkylation sites (tertiary alicyclic amines) is 1. The average Bonchev–Trinajstić information content (AvgIpc) is 2.92. The summed E-state index contributed by atoms with van der Waals surface area (Å²) in [6.45, 7) is 4.07. The normalized spacial score (nSPS) is 16.0. The minimum Gasteiger partial charge on any atom is -0.508 e. The van der Waals surface area contributed by atoms with E-state index in [0.717, 1.165) is 23.1 Å². The van der Waals surface area contributed by atoms with E-state index in [2.05, 4.69) is 4.90 Å². The van der Waals surface area contributed by atoms with Crippen molar-refractivity contribution in [3.8, 4) is 11.5 Å². The van der Waals surface area contributed by atoms with E-state index in [1.165, 1.54) is 25.9 Å². The van der Waals surface area contributed by atoms with Crippen LogP contribution in [0.5, 0.6) is 11.5 Å². The van der Waals surface area contributed by atoms with Crippen molar-refractivity contribution >= 4 is 10.8 Å². The zero-order valence-electron chi connectivity index (χ0n) is 11.0. The van der Waals surface area contributed by atoms with E-state index in [1.807, 2.05) is 24.3 Å². The van der Waals surface area contributed by atoms with Crippen LogP contribution >= 0.6 is 0 Å². The number of hydrogen-bond acceptors (Lipinski definition) is 3. The second-order valence-electron chi connectivity index (χ2n) is 5.06. The molecule has 0 amide bonds. The summed E-state index contributed by atoms with van der Waals surface area (Å²) in [7, 11) is 0. The van der Waals surface area contributed by atoms with Gasteiger partial charge in [0.1, 0.15) is 18.1 Å². The van der Waals surface area contributed by atoms with Gasteiger partial charge in [0.05, 0.1) is 0 Å². The van der Waals surface area contributed by atoms with Crippen LogP contribution in [-0.2, 0) is 0 Å². The highest BCUT2D eigenvalue weighted by Gasteiger charge is 2.11. The molecule has 2 aromatic carbocycles. The van der Waals surface area contributed by atoms with Crippen LogP contribution in [0.4, 0.5) is 0 Å². The summed E-state index contributed by atoms with van der Waals surface area (Å²) in [6, 6.07) is 11.4. The third-order valence-corrected chi connectivity index (χ3v) is 3.69. The molecule has 0 aromatic heterocycles. The van der Waals surface area contributed by atoms with Gasteiger partial charge >= 0.3 is 0 Å². The van der Waals surface area contributed by atoms with Gasteiger partial charge in [0, 0.05) is 11.9 Å². The average molecular weight is 257 g/mol. The number of nitrogens with zero attached hydrogens (tertiary/aromatic N) is 1. The van der Waals surface area contributed by atoms with Gasteiger partial charge in [-0.25, -0.2) is 0 Å². The molecule has 1 saturated heterocycles. The molecule has 3 heteroatoms. The molecule has 0 aliphatic carbocycles. The highest BCUT2D eigenvalue weighted by Crippen LogP contribution is 2.28. The molecule has 0 bridgehead atoms. The van der Waals surface area contributed by atoms with Crippen LogP contribution in [0, 0.1) is 0 Å². The summed E-state index contributed by atoms with van der Waals surface area (Å²) in [5.41, 5.74) is 0. The predicted molar refractivity (Wildman–Crippen MR) is 76.8 cm³/mol. The molecule has 2 aromatic rings. The molecule has 0 atom stereocenters. The van der Waals surface area contributed by atoms with Crippen LogP contribution in [0.15, 0.2) is 36.4 Å². The van der Waals surface area contributed by atoms with Gasteiger partial charge in [-0.2, -0.15) is 0 Å². The summed E-state index contributed by atoms with van der Waals surface area (Å²) in [5.74, 6) is 1.13. The molecule has 1 fully saturated rings. The molecule has 0 saturated carbocycles. The molecule has 100 valence electrons. The minimum absolute atomic E-state index is 0.281. The van der Waals surface area contributed by atoms with Gasteiger partial charge in [-0.05, 0) is 49.5 Å². The SMILES string of the molecule is Oc1ccc2cccc(OCCN3CCCC3)c2c1. The Labute approximate surface area is 113 Å². The van der Waals surface area contributed by atoms with Crippen molar-refractivity contribution in [2.45, 2.75) is 12.8 Å². The summed E-state index contributed by atoms with van der Waals surface area (Å²) >= 11 is 0. The molecule has 1 aliphatic heterocycles. The fourth-order valence-electron chi connectivity index (χ4n) is 2.65. The minimum atomic E-state index is 0.281. The molecular weight excluding hydrogens is 238 g/mol. The fraction of sp³-hybridized carbons (Fsp3) is 0.375. The standard InChI is InChI=1S/C16H19NO2/c18-14-7-6-13-4-3-5-16(15(13)12-14)19-11-10-17-8-1-2-9-17/h3-7,12,18H,1-2,8-11H2. The van der Waals surface area contributed by atoms with E-state index in [9.17, 15) is 5.11 Å². The third-order valence-electron chi connectivity index (χ3n) is 3.69. The van der Waals surface area contributed by atoms with Crippen molar-refractivity contribution < 1.29 is 9.84 Å². The second-order valence-corrected chi connectivity index (χ2v) is 5.06. The summed E-state index contributed by atoms with van der Waals surface area (Å²) < 4.78 is 5.88. The van der Waals surface area contributed by atoms with Gasteiger partial charge in [-0.3, -0.25) is 4.90 Å². The Kier molecular flexibility index (Phi) is 3.56. The fourth-order valence-corrected chi connectivity index (χ4v) is 2.65. The molecule has 3 rings (SSSR count). The first-order valence-corrected chi connectivity index (χ1v) is 6.90. The topological polar surface area (TPSA) is 32.7 Å². The first-order valence-electron chi connectivity index (χ1n) is 6.90. The number of hydrogen-bond donors (Lipinski definition) is 1. The Morgan fingerprint density at radius 1 is 1.11 bits per heavy atom. The highest BCUT2D eigenvalue weighted by molar-refractivity contribution is 5.89. The van der Waals surface area contributed by atoms with E-state index >= 15 is 0 Å². The lowest BCUT2D eigenvalue weighted by Crippen LogP contribution is -2.25. The van der Waals surface area contributed by atoms with E-state index in [4.69, 9.17) is 4.74 Å². The molecule has 1 aliphatic rings. The molecule has 1 heterocycles. The monoisotopic (exact) mass is 257 g/mol. The van der Waals surface area contributed by atoms with Gasteiger partial charge in [-0.1, -0.05) is 18.2 Å². The van der Waals surface area contributed by atoms with E-state index in [1.54, 1.807) is 12.1 Å². The molecule has 0 radical (unpaired) electrons. The van der Waals surface area contributed by atoms with E-state index in [0.29, 0.717) is 6.61 Å². The largest absolute Gasteiger partial charge is 0.508 e. The smallest absolute Gasteiger partial charge is 0.127 e. The van der Waals surface area contributed by atoms with Crippen LogP contribution in [0.2, 0.25) is 0 Å². The lowest BCUT2D eigenvalue weighted by molar-refractivity contribution is 0.239. The van der Waals surface area contributed by atoms with Crippen LogP contribution in [0.1, 0.15) is 12.8 Å². The number of phenols is 1. The van der Waals surface area contributed by atoms with Crippen LogP contribution in [0.25, 0.3) is 10.8 Å². The zero-order chi connectivity index (χ0) is 13.1. The Morgan fingerprint density at radius 3 is 2.79 bits per heavy atom. The number of fused-ring (bicyclic) bond motifs is 1.